The molecule has 0 aliphatic rings. The van der Waals surface area contributed by atoms with Crippen LogP contribution in [-0.2, 0) is 10.7 Å². The van der Waals surface area contributed by atoms with Crippen molar-refractivity contribution in [2.75, 3.05) is 0 Å². The van der Waals surface area contributed by atoms with Gasteiger partial charge in [-0.25, -0.2) is 8.78 Å². The average Bonchev–Trinajstić information content (AvgIpc) is 2.83. The number of carbonyl (C=O) groups is 1. The van der Waals surface area contributed by atoms with Gasteiger partial charge >= 0.3 is 0 Å². The van der Waals surface area contributed by atoms with Gasteiger partial charge in [0.25, 0.3) is 5.92 Å². The van der Waals surface area contributed by atoms with Crippen molar-refractivity contribution in [3.63, 3.8) is 0 Å². The summed E-state index contributed by atoms with van der Waals surface area (Å²) in [7, 11) is 0. The molecule has 2 unspecified atom stereocenters. The van der Waals surface area contributed by atoms with Crippen molar-refractivity contribution in [3.8, 4) is 35.3 Å². The van der Waals surface area contributed by atoms with E-state index in [4.69, 9.17) is 12.2 Å². The molecule has 0 heterocycles. The monoisotopic (exact) mass is 481 g/mol. The molecule has 2 nitrogen and oxygen atoms in total. The summed E-state index contributed by atoms with van der Waals surface area (Å²) in [4.78, 5) is 10.9. The summed E-state index contributed by atoms with van der Waals surface area (Å²) in [5.74, 6) is 4.81. The van der Waals surface area contributed by atoms with Crippen LogP contribution in [0, 0.1) is 30.1 Å². The number of hydrogen-bond acceptors (Lipinski definition) is 2. The number of Topliss-reactive ketones (excluding diaryl/α,β-unsaturated/α-hetero) is 1. The topological polar surface area (TPSA) is 43.1 Å². The van der Waals surface area contributed by atoms with Crippen LogP contribution in [-0.4, -0.2) is 11.8 Å². The van der Waals surface area contributed by atoms with Gasteiger partial charge in [-0.3, -0.25) is 4.79 Å². The molecule has 4 heteroatoms. The Kier molecular flexibility index (Phi) is 16.0. The molecular formula is C31H41F2NO. The van der Waals surface area contributed by atoms with Crippen LogP contribution in [0.4, 0.5) is 8.78 Å². The number of ketones is 1. The maximum Gasteiger partial charge on any atom is 0.271 e. The van der Waals surface area contributed by atoms with Crippen LogP contribution in [0.5, 0.6) is 0 Å². The van der Waals surface area contributed by atoms with E-state index in [2.05, 4.69) is 45.5 Å². The molecule has 0 aliphatic heterocycles. The third kappa shape index (κ3) is 12.9. The molecule has 2 N–H and O–H groups in total. The van der Waals surface area contributed by atoms with Gasteiger partial charge in [-0.15, -0.1) is 6.42 Å². The SMILES string of the molecule is C#CC(N)C(CC)CCCC.CC(=O)C#Cc1ccc(-c2ccccc2)c(C(C)(F)F)c1.CCC. The van der Waals surface area contributed by atoms with E-state index in [9.17, 15) is 13.6 Å². The first kappa shape index (κ1) is 32.1. The van der Waals surface area contributed by atoms with Crippen molar-refractivity contribution in [1.29, 1.82) is 0 Å². The molecule has 0 bridgehead atoms. The normalized spacial score (nSPS) is 11.8. The van der Waals surface area contributed by atoms with E-state index in [0.717, 1.165) is 18.9 Å². The van der Waals surface area contributed by atoms with Gasteiger partial charge in [-0.1, -0.05) is 102 Å². The number of carbonyl (C=O) groups excluding carboxylic acids is 1. The molecule has 0 aromatic heterocycles. The van der Waals surface area contributed by atoms with E-state index >= 15 is 0 Å². The Morgan fingerprint density at radius 1 is 1.09 bits per heavy atom. The second-order valence-corrected chi connectivity index (χ2v) is 8.53. The van der Waals surface area contributed by atoms with Crippen LogP contribution < -0.4 is 5.73 Å². The fourth-order valence-corrected chi connectivity index (χ4v) is 3.25. The van der Waals surface area contributed by atoms with E-state index in [1.807, 2.05) is 6.07 Å². The van der Waals surface area contributed by atoms with E-state index < -0.39 is 5.92 Å². The predicted molar refractivity (Wildman–Crippen MR) is 145 cm³/mol. The van der Waals surface area contributed by atoms with Crippen molar-refractivity contribution in [2.24, 2.45) is 11.7 Å². The average molecular weight is 482 g/mol. The highest BCUT2D eigenvalue weighted by Crippen LogP contribution is 2.36. The molecule has 0 saturated carbocycles. The fraction of sp³-hybridized carbons (Fsp3) is 0.452. The number of benzene rings is 2. The first-order valence-electron chi connectivity index (χ1n) is 12.4. The third-order valence-corrected chi connectivity index (χ3v) is 5.11. The highest BCUT2D eigenvalue weighted by molar-refractivity contribution is 5.93. The van der Waals surface area contributed by atoms with Crippen LogP contribution in [0.1, 0.15) is 84.8 Å². The zero-order valence-corrected chi connectivity index (χ0v) is 22.1. The second-order valence-electron chi connectivity index (χ2n) is 8.53. The van der Waals surface area contributed by atoms with Gasteiger partial charge in [0.15, 0.2) is 0 Å². The van der Waals surface area contributed by atoms with Gasteiger partial charge in [0.1, 0.15) is 0 Å². The van der Waals surface area contributed by atoms with Gasteiger partial charge < -0.3 is 5.73 Å². The first-order valence-corrected chi connectivity index (χ1v) is 12.4. The van der Waals surface area contributed by atoms with E-state index in [1.54, 1.807) is 36.4 Å². The Labute approximate surface area is 211 Å². The van der Waals surface area contributed by atoms with Crippen molar-refractivity contribution >= 4 is 5.78 Å². The Bertz CT molecular complexity index is 975. The molecule has 0 spiro atoms. The number of unbranched alkanes of at least 4 members (excludes halogenated alkanes) is 1. The molecular weight excluding hydrogens is 440 g/mol. The lowest BCUT2D eigenvalue weighted by Crippen LogP contribution is -2.27. The Morgan fingerprint density at radius 3 is 2.14 bits per heavy atom. The minimum atomic E-state index is -2.99. The summed E-state index contributed by atoms with van der Waals surface area (Å²) >= 11 is 0. The van der Waals surface area contributed by atoms with Crippen molar-refractivity contribution in [1.82, 2.24) is 0 Å². The van der Waals surface area contributed by atoms with Gasteiger partial charge in [0.05, 0.1) is 6.04 Å². The molecule has 0 aliphatic carbocycles. The summed E-state index contributed by atoms with van der Waals surface area (Å²) in [6.45, 7) is 10.8. The maximum absolute atomic E-state index is 13.9. The van der Waals surface area contributed by atoms with E-state index in [-0.39, 0.29) is 17.4 Å². The molecule has 2 aromatic carbocycles. The van der Waals surface area contributed by atoms with Crippen molar-refractivity contribution < 1.29 is 13.6 Å². The molecule has 2 rings (SSSR count). The summed E-state index contributed by atoms with van der Waals surface area (Å²) in [6.07, 6.45) is 11.3. The van der Waals surface area contributed by atoms with Crippen LogP contribution in [0.3, 0.4) is 0 Å². The second kappa shape index (κ2) is 17.5. The van der Waals surface area contributed by atoms with Crippen molar-refractivity contribution in [3.05, 3.63) is 59.7 Å². The first-order chi connectivity index (χ1) is 16.5. The van der Waals surface area contributed by atoms with E-state index in [0.29, 0.717) is 17.0 Å². The number of terminal acetylenes is 1. The minimum Gasteiger partial charge on any atom is -0.317 e. The lowest BCUT2D eigenvalue weighted by molar-refractivity contribution is -0.111. The summed E-state index contributed by atoms with van der Waals surface area (Å²) < 4.78 is 27.7. The molecule has 0 saturated heterocycles. The van der Waals surface area contributed by atoms with Gasteiger partial charge in [0.2, 0.25) is 5.78 Å². The Morgan fingerprint density at radius 2 is 1.69 bits per heavy atom. The summed E-state index contributed by atoms with van der Waals surface area (Å²) in [5, 5.41) is 0. The summed E-state index contributed by atoms with van der Waals surface area (Å²) in [5.41, 5.74) is 7.23. The molecule has 190 valence electrons. The number of hydrogen-bond donors (Lipinski definition) is 1. The summed E-state index contributed by atoms with van der Waals surface area (Å²) in [6, 6.07) is 13.6. The van der Waals surface area contributed by atoms with Gasteiger partial charge in [-0.05, 0) is 41.5 Å². The lowest BCUT2D eigenvalue weighted by atomic mass is 9.92. The number of alkyl halides is 2. The molecule has 0 amide bonds. The van der Waals surface area contributed by atoms with Crippen LogP contribution in [0.15, 0.2) is 48.5 Å². The maximum atomic E-state index is 13.9. The highest BCUT2D eigenvalue weighted by atomic mass is 19.3. The number of rotatable bonds is 7. The zero-order chi connectivity index (χ0) is 26.9. The standard InChI is InChI=1S/C18H14F2O.C10H19N.C3H8/c1-13(21)8-9-14-10-11-16(15-6-4-3-5-7-15)17(12-14)18(2,19)20;1-4-7-8-9(5-2)10(11)6-3;1-3-2/h3-7,10-12H,1-2H3;3,9-10H,4-5,7-8,11H2,1-2H3;3H2,1-2H3. The molecule has 35 heavy (non-hydrogen) atoms. The van der Waals surface area contributed by atoms with Crippen LogP contribution in [0.25, 0.3) is 11.1 Å². The zero-order valence-electron chi connectivity index (χ0n) is 22.1. The van der Waals surface area contributed by atoms with Crippen LogP contribution in [0.2, 0.25) is 0 Å². The fourth-order valence-electron chi connectivity index (χ4n) is 3.25. The Hall–Kier alpha value is -2.95. The quantitative estimate of drug-likeness (QED) is 0.407. The Balaban J connectivity index is 0.000000697. The molecule has 0 radical (unpaired) electrons. The van der Waals surface area contributed by atoms with Gasteiger partial charge in [0, 0.05) is 25.0 Å². The van der Waals surface area contributed by atoms with E-state index in [1.165, 1.54) is 38.7 Å². The molecule has 2 atom stereocenters. The predicted octanol–water partition coefficient (Wildman–Crippen LogP) is 7.99. The smallest absolute Gasteiger partial charge is 0.271 e. The van der Waals surface area contributed by atoms with Gasteiger partial charge in [-0.2, -0.15) is 0 Å². The lowest BCUT2D eigenvalue weighted by Gasteiger charge is -2.17. The highest BCUT2D eigenvalue weighted by Gasteiger charge is 2.28. The minimum absolute atomic E-state index is 0.0356. The van der Waals surface area contributed by atoms with Crippen molar-refractivity contribution in [2.45, 2.75) is 85.6 Å². The van der Waals surface area contributed by atoms with Crippen LogP contribution >= 0.6 is 0 Å². The molecule has 2 aromatic rings. The number of halogens is 2. The number of nitrogens with two attached hydrogens (primary N) is 1. The third-order valence-electron chi connectivity index (χ3n) is 5.11. The largest absolute Gasteiger partial charge is 0.317 e. The molecule has 0 fully saturated rings.